The van der Waals surface area contributed by atoms with E-state index in [9.17, 15) is 9.90 Å². The quantitative estimate of drug-likeness (QED) is 0.866. The standard InChI is InChI=1S/C12H14Cl2N2O3/c1-5-6(13)11(18)16(10(5)17)9-7(14)8(19-15-9)12(2,3)4/h10,17H,1-4H3. The Hall–Kier alpha value is -1.04. The van der Waals surface area contributed by atoms with E-state index in [0.717, 1.165) is 4.90 Å². The monoisotopic (exact) mass is 304 g/mol. The normalized spacial score (nSPS) is 20.7. The SMILES string of the molecule is CC1=C(Cl)C(=O)N(c2noc(C(C)(C)C)c2Cl)C1O. The smallest absolute Gasteiger partial charge is 0.273 e. The van der Waals surface area contributed by atoms with Crippen molar-refractivity contribution in [3.63, 3.8) is 0 Å². The van der Waals surface area contributed by atoms with Crippen molar-refractivity contribution in [2.75, 3.05) is 4.90 Å². The topological polar surface area (TPSA) is 66.6 Å². The van der Waals surface area contributed by atoms with Gasteiger partial charge in [0.05, 0.1) is 0 Å². The summed E-state index contributed by atoms with van der Waals surface area (Å²) in [6.07, 6.45) is -1.17. The highest BCUT2D eigenvalue weighted by Gasteiger charge is 2.40. The van der Waals surface area contributed by atoms with Crippen LogP contribution in [-0.4, -0.2) is 22.4 Å². The zero-order chi connectivity index (χ0) is 14.5. The summed E-state index contributed by atoms with van der Waals surface area (Å²) in [6.45, 7) is 7.29. The van der Waals surface area contributed by atoms with Crippen LogP contribution in [0.1, 0.15) is 33.5 Å². The van der Waals surface area contributed by atoms with Crippen molar-refractivity contribution < 1.29 is 14.4 Å². The van der Waals surface area contributed by atoms with Crippen LogP contribution < -0.4 is 4.90 Å². The van der Waals surface area contributed by atoms with Gasteiger partial charge in [-0.3, -0.25) is 9.69 Å². The van der Waals surface area contributed by atoms with Gasteiger partial charge in [-0.15, -0.1) is 0 Å². The lowest BCUT2D eigenvalue weighted by atomic mass is 9.93. The Morgan fingerprint density at radius 1 is 1.37 bits per heavy atom. The second-order valence-electron chi connectivity index (χ2n) is 5.45. The Kier molecular flexibility index (Phi) is 3.41. The summed E-state index contributed by atoms with van der Waals surface area (Å²) >= 11 is 12.0. The van der Waals surface area contributed by atoms with Crippen molar-refractivity contribution in [1.82, 2.24) is 5.16 Å². The molecule has 0 saturated heterocycles. The van der Waals surface area contributed by atoms with Crippen LogP contribution in [0, 0.1) is 0 Å². The van der Waals surface area contributed by atoms with Crippen LogP contribution in [0.2, 0.25) is 5.02 Å². The summed E-state index contributed by atoms with van der Waals surface area (Å²) in [5.74, 6) is -0.00809. The fraction of sp³-hybridized carbons (Fsp3) is 0.500. The number of aromatic nitrogens is 1. The summed E-state index contributed by atoms with van der Waals surface area (Å²) in [4.78, 5) is 13.0. The molecule has 0 spiro atoms. The van der Waals surface area contributed by atoms with Crippen LogP contribution in [0.25, 0.3) is 0 Å². The van der Waals surface area contributed by atoms with E-state index in [4.69, 9.17) is 27.7 Å². The second kappa shape index (κ2) is 4.51. The molecular weight excluding hydrogens is 291 g/mol. The molecule has 1 unspecified atom stereocenters. The Balaban J connectivity index is 2.46. The molecule has 7 heteroatoms. The van der Waals surface area contributed by atoms with Gasteiger partial charge >= 0.3 is 0 Å². The molecule has 1 atom stereocenters. The fourth-order valence-electron chi connectivity index (χ4n) is 1.79. The number of nitrogens with zero attached hydrogens (tertiary/aromatic N) is 2. The molecule has 104 valence electrons. The third kappa shape index (κ3) is 2.16. The fourth-order valence-corrected chi connectivity index (χ4v) is 2.42. The molecular formula is C12H14Cl2N2O3. The van der Waals surface area contributed by atoms with Gasteiger partial charge in [0, 0.05) is 11.0 Å². The Labute approximate surface area is 120 Å². The number of aliphatic hydroxyl groups excluding tert-OH is 1. The maximum Gasteiger partial charge on any atom is 0.273 e. The zero-order valence-electron chi connectivity index (χ0n) is 11.0. The predicted molar refractivity (Wildman–Crippen MR) is 72.3 cm³/mol. The van der Waals surface area contributed by atoms with Crippen molar-refractivity contribution in [2.45, 2.75) is 39.3 Å². The first-order valence-corrected chi connectivity index (χ1v) is 6.45. The number of anilines is 1. The minimum atomic E-state index is -1.17. The average Bonchev–Trinajstić information content (AvgIpc) is 2.76. The van der Waals surface area contributed by atoms with E-state index in [1.54, 1.807) is 6.92 Å². The lowest BCUT2D eigenvalue weighted by Gasteiger charge is -2.19. The number of rotatable bonds is 1. The number of hydrogen-bond donors (Lipinski definition) is 1. The van der Waals surface area contributed by atoms with Gasteiger partial charge in [0.1, 0.15) is 10.1 Å². The van der Waals surface area contributed by atoms with Crippen molar-refractivity contribution in [1.29, 1.82) is 0 Å². The minimum Gasteiger partial charge on any atom is -0.369 e. The maximum absolute atomic E-state index is 12.0. The number of carbonyl (C=O) groups is 1. The van der Waals surface area contributed by atoms with E-state index < -0.39 is 12.1 Å². The average molecular weight is 305 g/mol. The van der Waals surface area contributed by atoms with E-state index in [0.29, 0.717) is 11.3 Å². The molecule has 1 N–H and O–H groups in total. The number of halogens is 2. The number of amides is 1. The van der Waals surface area contributed by atoms with Crippen molar-refractivity contribution >= 4 is 34.9 Å². The van der Waals surface area contributed by atoms with Gasteiger partial charge in [0.25, 0.3) is 5.91 Å². The van der Waals surface area contributed by atoms with Gasteiger partial charge in [-0.1, -0.05) is 49.1 Å². The van der Waals surface area contributed by atoms with Crippen LogP contribution in [0.5, 0.6) is 0 Å². The van der Waals surface area contributed by atoms with Gasteiger partial charge in [-0.05, 0) is 6.92 Å². The Morgan fingerprint density at radius 3 is 2.32 bits per heavy atom. The summed E-state index contributed by atoms with van der Waals surface area (Å²) in [6, 6.07) is 0. The lowest BCUT2D eigenvalue weighted by Crippen LogP contribution is -2.35. The van der Waals surface area contributed by atoms with Gasteiger partial charge in [-0.25, -0.2) is 0 Å². The van der Waals surface area contributed by atoms with Crippen LogP contribution in [0.3, 0.4) is 0 Å². The molecule has 0 radical (unpaired) electrons. The van der Waals surface area contributed by atoms with Crippen LogP contribution in [0.15, 0.2) is 15.1 Å². The molecule has 1 aliphatic heterocycles. The van der Waals surface area contributed by atoms with E-state index in [-0.39, 0.29) is 21.3 Å². The molecule has 0 bridgehead atoms. The molecule has 1 aliphatic rings. The molecule has 0 aromatic carbocycles. The maximum atomic E-state index is 12.0. The van der Waals surface area contributed by atoms with Gasteiger partial charge in [0.15, 0.2) is 12.0 Å². The van der Waals surface area contributed by atoms with Crippen LogP contribution in [-0.2, 0) is 10.2 Å². The first kappa shape index (κ1) is 14.4. The molecule has 1 aromatic rings. The van der Waals surface area contributed by atoms with E-state index in [1.807, 2.05) is 20.8 Å². The Morgan fingerprint density at radius 2 is 1.95 bits per heavy atom. The lowest BCUT2D eigenvalue weighted by molar-refractivity contribution is -0.115. The van der Waals surface area contributed by atoms with E-state index >= 15 is 0 Å². The highest BCUT2D eigenvalue weighted by molar-refractivity contribution is 6.46. The van der Waals surface area contributed by atoms with Crippen LogP contribution >= 0.6 is 23.2 Å². The molecule has 2 heterocycles. The third-order valence-corrected chi connectivity index (χ3v) is 3.71. The van der Waals surface area contributed by atoms with Crippen molar-refractivity contribution in [3.05, 3.63) is 21.4 Å². The third-order valence-electron chi connectivity index (χ3n) is 2.91. The molecule has 2 rings (SSSR count). The molecule has 0 aliphatic carbocycles. The number of hydrogen-bond acceptors (Lipinski definition) is 4. The highest BCUT2D eigenvalue weighted by Crippen LogP contribution is 2.40. The zero-order valence-corrected chi connectivity index (χ0v) is 12.5. The molecule has 0 fully saturated rings. The molecule has 19 heavy (non-hydrogen) atoms. The largest absolute Gasteiger partial charge is 0.369 e. The molecule has 0 saturated carbocycles. The van der Waals surface area contributed by atoms with Crippen LogP contribution in [0.4, 0.5) is 5.82 Å². The first-order valence-electron chi connectivity index (χ1n) is 5.69. The predicted octanol–water partition coefficient (Wildman–Crippen LogP) is 2.80. The summed E-state index contributed by atoms with van der Waals surface area (Å²) in [5, 5.41) is 14.0. The van der Waals surface area contributed by atoms with Crippen molar-refractivity contribution in [3.8, 4) is 0 Å². The molecule has 1 amide bonds. The molecule has 5 nitrogen and oxygen atoms in total. The van der Waals surface area contributed by atoms with Crippen molar-refractivity contribution in [2.24, 2.45) is 0 Å². The summed E-state index contributed by atoms with van der Waals surface area (Å²) < 4.78 is 5.19. The van der Waals surface area contributed by atoms with Gasteiger partial charge < -0.3 is 9.63 Å². The van der Waals surface area contributed by atoms with E-state index in [1.165, 1.54) is 0 Å². The number of aliphatic hydroxyl groups is 1. The highest BCUT2D eigenvalue weighted by atomic mass is 35.5. The second-order valence-corrected chi connectivity index (χ2v) is 6.20. The summed E-state index contributed by atoms with van der Waals surface area (Å²) in [7, 11) is 0. The van der Waals surface area contributed by atoms with Gasteiger partial charge in [-0.2, -0.15) is 0 Å². The Bertz CT molecular complexity index is 572. The molecule has 1 aromatic heterocycles. The minimum absolute atomic E-state index is 0.0242. The van der Waals surface area contributed by atoms with Gasteiger partial charge in [0.2, 0.25) is 5.82 Å². The van der Waals surface area contributed by atoms with E-state index in [2.05, 4.69) is 5.16 Å². The first-order chi connectivity index (χ1) is 8.66. The number of carbonyl (C=O) groups excluding carboxylic acids is 1. The summed E-state index contributed by atoms with van der Waals surface area (Å²) in [5.41, 5.74) is 0.00512.